The summed E-state index contributed by atoms with van der Waals surface area (Å²) >= 11 is 0.544. The van der Waals surface area contributed by atoms with Gasteiger partial charge < -0.3 is 5.11 Å². The predicted molar refractivity (Wildman–Crippen MR) is 109 cm³/mol. The van der Waals surface area contributed by atoms with E-state index in [2.05, 4.69) is 0 Å². The number of aliphatic hydroxyl groups is 1. The third-order valence-electron chi connectivity index (χ3n) is 4.56. The molecule has 184 valence electrons. The van der Waals surface area contributed by atoms with Crippen LogP contribution in [0.5, 0.6) is 0 Å². The molecule has 0 saturated heterocycles. The molecule has 1 heterocycles. The van der Waals surface area contributed by atoms with Crippen molar-refractivity contribution in [3.63, 3.8) is 0 Å². The van der Waals surface area contributed by atoms with Crippen LogP contribution in [-0.2, 0) is 25.5 Å². The molecule has 34 heavy (non-hydrogen) atoms. The number of alkyl halides is 6. The Balaban J connectivity index is 1.89. The topological polar surface area (TPSA) is 101 Å². The molecule has 0 spiro atoms. The molecule has 0 aliphatic heterocycles. The van der Waals surface area contributed by atoms with Gasteiger partial charge in [-0.05, 0) is 30.3 Å². The molecule has 0 radical (unpaired) electrons. The minimum atomic E-state index is -6.09. The Morgan fingerprint density at radius 1 is 0.765 bits per heavy atom. The van der Waals surface area contributed by atoms with E-state index in [1.54, 1.807) is 6.07 Å². The van der Waals surface area contributed by atoms with Gasteiger partial charge in [-0.15, -0.1) is 11.3 Å². The predicted octanol–water partition coefficient (Wildman–Crippen LogP) is 4.69. The second-order valence-electron chi connectivity index (χ2n) is 6.81. The first kappa shape index (κ1) is 26.0. The van der Waals surface area contributed by atoms with Crippen LogP contribution in [0.15, 0.2) is 80.0 Å². The number of sulfone groups is 1. The van der Waals surface area contributed by atoms with Gasteiger partial charge in [-0.25, -0.2) is 16.8 Å². The van der Waals surface area contributed by atoms with Gasteiger partial charge in [-0.3, -0.25) is 4.72 Å². The Bertz CT molecular complexity index is 1370. The van der Waals surface area contributed by atoms with Crippen molar-refractivity contribution in [3.8, 4) is 0 Å². The third-order valence-corrected chi connectivity index (χ3v) is 9.27. The molecule has 0 aliphatic carbocycles. The van der Waals surface area contributed by atoms with E-state index in [1.165, 1.54) is 24.3 Å². The van der Waals surface area contributed by atoms with Crippen LogP contribution in [0.25, 0.3) is 0 Å². The lowest BCUT2D eigenvalue weighted by Crippen LogP contribution is -2.53. The molecule has 0 unspecified atom stereocenters. The number of halogens is 6. The highest BCUT2D eigenvalue weighted by Gasteiger charge is 2.71. The highest BCUT2D eigenvalue weighted by atomic mass is 32.2. The fourth-order valence-corrected chi connectivity index (χ4v) is 6.75. The summed E-state index contributed by atoms with van der Waals surface area (Å²) in [6, 6.07) is 9.78. The summed E-state index contributed by atoms with van der Waals surface area (Å²) in [5.74, 6) is 0. The Labute approximate surface area is 193 Å². The standard InChI is InChI=1S/C19H13F6NO5S3/c20-18(21,22)17(27,19(23,24)25)12-6-8-13(9-7-12)26-34(30,31)16-10-15(11-32-16)33(28,29)14-4-2-1-3-5-14/h1-11,26-27H. The molecule has 15 heteroatoms. The number of sulfonamides is 1. The van der Waals surface area contributed by atoms with Gasteiger partial charge in [0.1, 0.15) is 4.21 Å². The molecule has 2 aromatic carbocycles. The van der Waals surface area contributed by atoms with Gasteiger partial charge in [-0.1, -0.05) is 30.3 Å². The number of hydrogen-bond acceptors (Lipinski definition) is 6. The van der Waals surface area contributed by atoms with E-state index in [0.29, 0.717) is 23.5 Å². The van der Waals surface area contributed by atoms with Gasteiger partial charge in [0.05, 0.1) is 9.79 Å². The molecule has 1 aromatic heterocycles. The minimum absolute atomic E-state index is 0.0814. The highest BCUT2D eigenvalue weighted by molar-refractivity contribution is 7.95. The molecule has 0 bridgehead atoms. The summed E-state index contributed by atoms with van der Waals surface area (Å²) in [6.45, 7) is 0. The molecule has 6 nitrogen and oxygen atoms in total. The van der Waals surface area contributed by atoms with E-state index in [9.17, 15) is 48.3 Å². The molecule has 3 rings (SSSR count). The van der Waals surface area contributed by atoms with Gasteiger partial charge in [0, 0.05) is 16.6 Å². The maximum absolute atomic E-state index is 13.0. The van der Waals surface area contributed by atoms with Gasteiger partial charge in [0.15, 0.2) is 0 Å². The van der Waals surface area contributed by atoms with Crippen molar-refractivity contribution in [2.75, 3.05) is 4.72 Å². The summed E-state index contributed by atoms with van der Waals surface area (Å²) in [5.41, 5.74) is -7.15. The van der Waals surface area contributed by atoms with Crippen molar-refractivity contribution in [2.45, 2.75) is 32.0 Å². The SMILES string of the molecule is O=S(=O)(Nc1ccc(C(O)(C(F)(F)F)C(F)(F)F)cc1)c1cc(S(=O)(=O)c2ccccc2)cs1. The van der Waals surface area contributed by atoms with Crippen LogP contribution in [0, 0.1) is 0 Å². The fourth-order valence-electron chi connectivity index (χ4n) is 2.79. The maximum atomic E-state index is 13.0. The highest BCUT2D eigenvalue weighted by Crippen LogP contribution is 2.50. The summed E-state index contributed by atoms with van der Waals surface area (Å²) in [4.78, 5) is -0.401. The van der Waals surface area contributed by atoms with E-state index in [0.717, 1.165) is 11.4 Å². The summed E-state index contributed by atoms with van der Waals surface area (Å²) in [5, 5.41) is 10.5. The lowest BCUT2D eigenvalue weighted by Gasteiger charge is -2.32. The first-order valence-electron chi connectivity index (χ1n) is 8.88. The molecular formula is C19H13F6NO5S3. The van der Waals surface area contributed by atoms with Crippen LogP contribution in [0.1, 0.15) is 5.56 Å². The lowest BCUT2D eigenvalue weighted by atomic mass is 9.92. The fraction of sp³-hybridized carbons (Fsp3) is 0.158. The molecule has 0 saturated carbocycles. The normalized spacial score (nSPS) is 13.6. The van der Waals surface area contributed by atoms with Crippen LogP contribution in [-0.4, -0.2) is 34.3 Å². The molecule has 0 fully saturated rings. The number of rotatable bonds is 6. The van der Waals surface area contributed by atoms with E-state index >= 15 is 0 Å². The van der Waals surface area contributed by atoms with E-state index in [1.807, 2.05) is 4.72 Å². The van der Waals surface area contributed by atoms with Crippen LogP contribution < -0.4 is 4.72 Å². The average molecular weight is 546 g/mol. The van der Waals surface area contributed by atoms with E-state index in [-0.39, 0.29) is 21.9 Å². The second kappa shape index (κ2) is 8.55. The molecule has 0 amide bonds. The molecular weight excluding hydrogens is 532 g/mol. The quantitative estimate of drug-likeness (QED) is 0.438. The van der Waals surface area contributed by atoms with Crippen molar-refractivity contribution in [1.82, 2.24) is 0 Å². The maximum Gasteiger partial charge on any atom is 0.430 e. The largest absolute Gasteiger partial charge is 0.430 e. The number of nitrogens with one attached hydrogen (secondary N) is 1. The van der Waals surface area contributed by atoms with E-state index in [4.69, 9.17) is 0 Å². The second-order valence-corrected chi connectivity index (χ2v) is 11.6. The van der Waals surface area contributed by atoms with Gasteiger partial charge in [0.2, 0.25) is 9.84 Å². The number of benzene rings is 2. The molecule has 0 atom stereocenters. The first-order valence-corrected chi connectivity index (χ1v) is 12.7. The molecule has 0 aliphatic rings. The van der Waals surface area contributed by atoms with Crippen LogP contribution in [0.2, 0.25) is 0 Å². The first-order chi connectivity index (χ1) is 15.5. The zero-order chi connectivity index (χ0) is 25.6. The van der Waals surface area contributed by atoms with Crippen LogP contribution in [0.3, 0.4) is 0 Å². The number of anilines is 1. The van der Waals surface area contributed by atoms with Crippen LogP contribution >= 0.6 is 11.3 Å². The smallest absolute Gasteiger partial charge is 0.369 e. The van der Waals surface area contributed by atoms with Gasteiger partial charge in [-0.2, -0.15) is 26.3 Å². The van der Waals surface area contributed by atoms with Crippen LogP contribution in [0.4, 0.5) is 32.0 Å². The Kier molecular flexibility index (Phi) is 6.54. The molecule has 3 aromatic rings. The lowest BCUT2D eigenvalue weighted by molar-refractivity contribution is -0.376. The van der Waals surface area contributed by atoms with Crippen molar-refractivity contribution < 1.29 is 48.3 Å². The van der Waals surface area contributed by atoms with Crippen molar-refractivity contribution in [3.05, 3.63) is 71.6 Å². The van der Waals surface area contributed by atoms with Crippen molar-refractivity contribution in [1.29, 1.82) is 0 Å². The van der Waals surface area contributed by atoms with Gasteiger partial charge >= 0.3 is 12.4 Å². The molecule has 2 N–H and O–H groups in total. The van der Waals surface area contributed by atoms with E-state index < -0.39 is 53.3 Å². The van der Waals surface area contributed by atoms with Gasteiger partial charge in [0.25, 0.3) is 15.6 Å². The zero-order valence-corrected chi connectivity index (χ0v) is 18.9. The number of hydrogen-bond donors (Lipinski definition) is 2. The van der Waals surface area contributed by atoms with Crippen molar-refractivity contribution in [2.24, 2.45) is 0 Å². The number of thiophene rings is 1. The zero-order valence-electron chi connectivity index (χ0n) is 16.4. The summed E-state index contributed by atoms with van der Waals surface area (Å²) in [6.07, 6.45) is -12.2. The van der Waals surface area contributed by atoms with Crippen molar-refractivity contribution >= 4 is 36.9 Å². The Morgan fingerprint density at radius 3 is 1.79 bits per heavy atom. The minimum Gasteiger partial charge on any atom is -0.369 e. The monoisotopic (exact) mass is 545 g/mol. The summed E-state index contributed by atoms with van der Waals surface area (Å²) < 4.78 is 130. The average Bonchev–Trinajstić information content (AvgIpc) is 3.25. The summed E-state index contributed by atoms with van der Waals surface area (Å²) in [7, 11) is -8.47. The Morgan fingerprint density at radius 2 is 1.29 bits per heavy atom. The Hall–Kier alpha value is -2.62. The third kappa shape index (κ3) is 4.64.